The number of amides is 1. The van der Waals surface area contributed by atoms with Crippen LogP contribution in [0.1, 0.15) is 30.0 Å². The quantitative estimate of drug-likeness (QED) is 0.540. The first-order valence-electron chi connectivity index (χ1n) is 7.95. The van der Waals surface area contributed by atoms with Crippen molar-refractivity contribution in [2.24, 2.45) is 0 Å². The minimum absolute atomic E-state index is 0.270. The van der Waals surface area contributed by atoms with E-state index in [1.54, 1.807) is 29.5 Å². The number of rotatable bonds is 8. The Kier molecular flexibility index (Phi) is 7.19. The Morgan fingerprint density at radius 3 is 2.64 bits per heavy atom. The number of carbonyl (C=O) groups excluding carboxylic acids is 1. The number of nitrogens with zero attached hydrogens (tertiary/aromatic N) is 1. The van der Waals surface area contributed by atoms with Gasteiger partial charge in [-0.05, 0) is 29.4 Å². The summed E-state index contributed by atoms with van der Waals surface area (Å²) in [7, 11) is 0. The van der Waals surface area contributed by atoms with E-state index in [0.717, 1.165) is 5.76 Å². The summed E-state index contributed by atoms with van der Waals surface area (Å²) >= 11 is 5.03. The van der Waals surface area contributed by atoms with E-state index in [-0.39, 0.29) is 5.91 Å². The third-order valence-electron chi connectivity index (χ3n) is 3.67. The number of nitrogens with one attached hydrogen (secondary N) is 2. The van der Waals surface area contributed by atoms with Crippen LogP contribution >= 0.6 is 11.6 Å². The molecule has 1 unspecified atom stereocenters. The predicted molar refractivity (Wildman–Crippen MR) is 100 cm³/mol. The molecule has 1 atom stereocenters. The first-order chi connectivity index (χ1) is 12.0. The topological polar surface area (TPSA) is 80.6 Å². The van der Waals surface area contributed by atoms with E-state index >= 15 is 0 Å². The van der Waals surface area contributed by atoms with Gasteiger partial charge >= 0.3 is 0 Å². The van der Waals surface area contributed by atoms with Crippen LogP contribution in [0.4, 0.5) is 5.69 Å². The van der Waals surface area contributed by atoms with E-state index in [1.807, 2.05) is 19.9 Å². The van der Waals surface area contributed by atoms with Gasteiger partial charge in [-0.3, -0.25) is 10.2 Å². The highest BCUT2D eigenvalue weighted by Gasteiger charge is 2.20. The molecule has 0 saturated heterocycles. The fourth-order valence-electron chi connectivity index (χ4n) is 2.25. The molecule has 0 aliphatic rings. The molecule has 1 aromatic heterocycles. The van der Waals surface area contributed by atoms with Gasteiger partial charge in [0.1, 0.15) is 17.0 Å². The Hall–Kier alpha value is -1.67. The van der Waals surface area contributed by atoms with Gasteiger partial charge in [0.2, 0.25) is 0 Å². The molecule has 1 aromatic carbocycles. The van der Waals surface area contributed by atoms with Gasteiger partial charge in [0.05, 0.1) is 18.5 Å². The second-order valence-corrected chi connectivity index (χ2v) is 7.06. The smallest absolute Gasteiger partial charge is 0.265 e. The van der Waals surface area contributed by atoms with Gasteiger partial charge in [-0.2, -0.15) is 0 Å². The predicted octanol–water partition coefficient (Wildman–Crippen LogP) is 3.27. The molecule has 2 aromatic rings. The van der Waals surface area contributed by atoms with Crippen molar-refractivity contribution in [3.63, 3.8) is 0 Å². The van der Waals surface area contributed by atoms with E-state index in [0.29, 0.717) is 40.8 Å². The molecule has 1 heterocycles. The van der Waals surface area contributed by atoms with Crippen LogP contribution in [-0.2, 0) is 17.7 Å². The molecular formula is C17H22ClN3O3S. The summed E-state index contributed by atoms with van der Waals surface area (Å²) < 4.78 is 17.3. The average molecular weight is 384 g/mol. The molecule has 0 radical (unpaired) electrons. The van der Waals surface area contributed by atoms with Crippen LogP contribution in [0, 0.1) is 0 Å². The zero-order valence-corrected chi connectivity index (χ0v) is 16.0. The third-order valence-corrected chi connectivity index (χ3v) is 5.13. The number of carbonyl (C=O) groups is 1. The van der Waals surface area contributed by atoms with E-state index in [9.17, 15) is 9.35 Å². The van der Waals surface area contributed by atoms with Crippen molar-refractivity contribution in [1.29, 1.82) is 0 Å². The molecule has 0 spiro atoms. The maximum Gasteiger partial charge on any atom is 0.265 e. The average Bonchev–Trinajstić information content (AvgIpc) is 3.11. The zero-order chi connectivity index (χ0) is 18.4. The number of hydrazine groups is 1. The van der Waals surface area contributed by atoms with Crippen molar-refractivity contribution >= 4 is 34.4 Å². The molecule has 2 rings (SSSR count). The Labute approximate surface area is 155 Å². The SMILES string of the molecule is CCN(CC)NC(=O)c1cc(NCc2ccco2)c(Cl)c([S+](C)[O-])c1. The molecule has 0 aliphatic heterocycles. The maximum atomic E-state index is 12.5. The maximum absolute atomic E-state index is 12.5. The highest BCUT2D eigenvalue weighted by molar-refractivity contribution is 7.90. The summed E-state index contributed by atoms with van der Waals surface area (Å²) in [5.74, 6) is 0.460. The fourth-order valence-corrected chi connectivity index (χ4v) is 3.41. The van der Waals surface area contributed by atoms with Gasteiger partial charge in [-0.15, -0.1) is 0 Å². The molecule has 0 saturated carbocycles. The Morgan fingerprint density at radius 2 is 2.08 bits per heavy atom. The summed E-state index contributed by atoms with van der Waals surface area (Å²) in [6.45, 7) is 5.69. The lowest BCUT2D eigenvalue weighted by Crippen LogP contribution is -2.41. The molecule has 6 nitrogen and oxygen atoms in total. The van der Waals surface area contributed by atoms with Gasteiger partial charge in [-0.1, -0.05) is 25.4 Å². The van der Waals surface area contributed by atoms with Gasteiger partial charge < -0.3 is 14.3 Å². The van der Waals surface area contributed by atoms with Crippen LogP contribution < -0.4 is 10.7 Å². The molecule has 25 heavy (non-hydrogen) atoms. The molecule has 136 valence electrons. The minimum atomic E-state index is -1.32. The molecule has 0 fully saturated rings. The summed E-state index contributed by atoms with van der Waals surface area (Å²) in [5.41, 5.74) is 3.75. The molecule has 0 bridgehead atoms. The number of hydrogen-bond donors (Lipinski definition) is 2. The van der Waals surface area contributed by atoms with Gasteiger partial charge in [0.25, 0.3) is 5.91 Å². The second-order valence-electron chi connectivity index (χ2n) is 5.34. The molecule has 1 amide bonds. The van der Waals surface area contributed by atoms with Crippen molar-refractivity contribution in [3.8, 4) is 0 Å². The van der Waals surface area contributed by atoms with Gasteiger partial charge in [0.15, 0.2) is 4.90 Å². The lowest BCUT2D eigenvalue weighted by atomic mass is 10.2. The molecule has 8 heteroatoms. The third kappa shape index (κ3) is 5.15. The molecule has 0 aliphatic carbocycles. The Bertz CT molecular complexity index is 703. The summed E-state index contributed by atoms with van der Waals surface area (Å²) in [4.78, 5) is 12.9. The van der Waals surface area contributed by atoms with Gasteiger partial charge in [-0.25, -0.2) is 5.01 Å². The fraction of sp³-hybridized carbons (Fsp3) is 0.353. The highest BCUT2D eigenvalue weighted by Crippen LogP contribution is 2.31. The first kappa shape index (κ1) is 19.7. The van der Waals surface area contributed by atoms with Crippen LogP contribution in [0.15, 0.2) is 39.8 Å². The number of anilines is 1. The largest absolute Gasteiger partial charge is 0.612 e. The van der Waals surface area contributed by atoms with Crippen molar-refractivity contribution in [2.45, 2.75) is 25.3 Å². The Morgan fingerprint density at radius 1 is 1.36 bits per heavy atom. The number of hydrogen-bond acceptors (Lipinski definition) is 5. The number of benzene rings is 1. The lowest BCUT2D eigenvalue weighted by molar-refractivity contribution is 0.0805. The first-order valence-corrected chi connectivity index (χ1v) is 9.89. The van der Waals surface area contributed by atoms with Crippen LogP contribution in [0.2, 0.25) is 5.02 Å². The van der Waals surface area contributed by atoms with Crippen LogP contribution in [0.3, 0.4) is 0 Å². The summed E-state index contributed by atoms with van der Waals surface area (Å²) in [6, 6.07) is 6.84. The van der Waals surface area contributed by atoms with Crippen molar-refractivity contribution in [1.82, 2.24) is 10.4 Å². The summed E-state index contributed by atoms with van der Waals surface area (Å²) in [5, 5.41) is 5.26. The van der Waals surface area contributed by atoms with E-state index in [4.69, 9.17) is 16.0 Å². The van der Waals surface area contributed by atoms with E-state index < -0.39 is 11.2 Å². The number of halogens is 1. The second kappa shape index (κ2) is 9.15. The normalized spacial score (nSPS) is 12.2. The summed E-state index contributed by atoms with van der Waals surface area (Å²) in [6.07, 6.45) is 3.11. The van der Waals surface area contributed by atoms with E-state index in [1.165, 1.54) is 6.26 Å². The zero-order valence-electron chi connectivity index (χ0n) is 14.5. The van der Waals surface area contributed by atoms with Crippen LogP contribution in [0.5, 0.6) is 0 Å². The molecular weight excluding hydrogens is 362 g/mol. The molecule has 2 N–H and O–H groups in total. The number of furan rings is 1. The standard InChI is InChI=1S/C17H22ClN3O3S/c1-4-21(5-2)20-17(22)12-9-14(16(18)15(10-12)25(3)23)19-11-13-7-6-8-24-13/h6-10,19H,4-5,11H2,1-3H3,(H,20,22). The van der Waals surface area contributed by atoms with Crippen molar-refractivity contribution in [2.75, 3.05) is 24.7 Å². The van der Waals surface area contributed by atoms with Gasteiger partial charge in [0, 0.05) is 24.7 Å². The van der Waals surface area contributed by atoms with E-state index in [2.05, 4.69) is 10.7 Å². The Balaban J connectivity index is 2.28. The van der Waals surface area contributed by atoms with Crippen molar-refractivity contribution in [3.05, 3.63) is 46.9 Å². The lowest BCUT2D eigenvalue weighted by Gasteiger charge is -2.20. The van der Waals surface area contributed by atoms with Crippen molar-refractivity contribution < 1.29 is 13.8 Å². The monoisotopic (exact) mass is 383 g/mol. The van der Waals surface area contributed by atoms with Crippen LogP contribution in [0.25, 0.3) is 0 Å². The van der Waals surface area contributed by atoms with Crippen LogP contribution in [-0.4, -0.2) is 34.8 Å². The minimum Gasteiger partial charge on any atom is -0.612 e. The highest BCUT2D eigenvalue weighted by atomic mass is 35.5.